The molecule has 1 aromatic rings. The van der Waals surface area contributed by atoms with Crippen LogP contribution >= 0.6 is 12.2 Å². The number of aryl methyl sites for hydroxylation is 1. The van der Waals surface area contributed by atoms with Crippen molar-refractivity contribution in [1.82, 2.24) is 0 Å². The van der Waals surface area contributed by atoms with Gasteiger partial charge in [-0.2, -0.15) is 0 Å². The zero-order valence-corrected chi connectivity index (χ0v) is 8.18. The zero-order chi connectivity index (χ0) is 9.10. The molecule has 0 saturated heterocycles. The Morgan fingerprint density at radius 3 is 3.08 bits per heavy atom. The molecule has 0 amide bonds. The molecule has 0 heterocycles. The standard InChI is InChI=1S/C11H11NS/c13-8-12-11-7-3-5-9-4-1-2-6-10(9)11/h1-2,4,6,11H,3,5,7H2. The number of fused-ring (bicyclic) bond motifs is 1. The lowest BCUT2D eigenvalue weighted by atomic mass is 9.88. The highest BCUT2D eigenvalue weighted by molar-refractivity contribution is 7.78. The van der Waals surface area contributed by atoms with E-state index in [4.69, 9.17) is 0 Å². The summed E-state index contributed by atoms with van der Waals surface area (Å²) < 4.78 is 0. The van der Waals surface area contributed by atoms with E-state index in [1.807, 2.05) is 0 Å². The minimum absolute atomic E-state index is 0.266. The SMILES string of the molecule is S=C=NC1CCCc2ccccc21. The molecule has 1 atom stereocenters. The maximum atomic E-state index is 4.65. The molecule has 2 rings (SSSR count). The molecule has 0 aromatic heterocycles. The number of rotatable bonds is 1. The smallest absolute Gasteiger partial charge is 0.0855 e. The second-order valence-electron chi connectivity index (χ2n) is 3.33. The lowest BCUT2D eigenvalue weighted by molar-refractivity contribution is 0.575. The van der Waals surface area contributed by atoms with Crippen molar-refractivity contribution in [3.05, 3.63) is 35.4 Å². The van der Waals surface area contributed by atoms with Crippen LogP contribution in [0.2, 0.25) is 0 Å². The molecule has 1 unspecified atom stereocenters. The van der Waals surface area contributed by atoms with Crippen molar-refractivity contribution >= 4 is 17.4 Å². The Balaban J connectivity index is 2.42. The third kappa shape index (κ3) is 1.69. The summed E-state index contributed by atoms with van der Waals surface area (Å²) in [6.45, 7) is 0. The van der Waals surface area contributed by atoms with E-state index in [1.165, 1.54) is 24.0 Å². The van der Waals surface area contributed by atoms with Gasteiger partial charge in [0.1, 0.15) is 0 Å². The fourth-order valence-corrected chi connectivity index (χ4v) is 2.05. The van der Waals surface area contributed by atoms with Crippen LogP contribution in [0.1, 0.15) is 30.0 Å². The molecule has 0 fully saturated rings. The first-order valence-electron chi connectivity index (χ1n) is 4.56. The van der Waals surface area contributed by atoms with E-state index in [-0.39, 0.29) is 6.04 Å². The van der Waals surface area contributed by atoms with Gasteiger partial charge in [-0.25, -0.2) is 4.99 Å². The van der Waals surface area contributed by atoms with Crippen LogP contribution in [-0.4, -0.2) is 5.16 Å². The lowest BCUT2D eigenvalue weighted by Gasteiger charge is -2.20. The Labute approximate surface area is 83.5 Å². The van der Waals surface area contributed by atoms with Crippen LogP contribution in [0.5, 0.6) is 0 Å². The summed E-state index contributed by atoms with van der Waals surface area (Å²) >= 11 is 4.65. The van der Waals surface area contributed by atoms with Gasteiger partial charge in [-0.3, -0.25) is 0 Å². The maximum Gasteiger partial charge on any atom is 0.0855 e. The Morgan fingerprint density at radius 2 is 2.23 bits per heavy atom. The third-order valence-electron chi connectivity index (χ3n) is 2.55. The van der Waals surface area contributed by atoms with Gasteiger partial charge >= 0.3 is 0 Å². The summed E-state index contributed by atoms with van der Waals surface area (Å²) in [5.74, 6) is 0. The molecule has 0 bridgehead atoms. The molecule has 0 aliphatic heterocycles. The summed E-state index contributed by atoms with van der Waals surface area (Å²) in [7, 11) is 0. The number of benzene rings is 1. The molecule has 13 heavy (non-hydrogen) atoms. The molecular weight excluding hydrogens is 178 g/mol. The number of aliphatic imine (C=N–C) groups is 1. The Kier molecular flexibility index (Phi) is 2.53. The molecule has 1 aliphatic carbocycles. The monoisotopic (exact) mass is 189 g/mol. The molecule has 0 N–H and O–H groups in total. The fourth-order valence-electron chi connectivity index (χ4n) is 1.93. The Morgan fingerprint density at radius 1 is 1.38 bits per heavy atom. The number of nitrogens with zero attached hydrogens (tertiary/aromatic N) is 1. The van der Waals surface area contributed by atoms with Gasteiger partial charge < -0.3 is 0 Å². The van der Waals surface area contributed by atoms with Gasteiger partial charge in [0.2, 0.25) is 0 Å². The van der Waals surface area contributed by atoms with E-state index in [0.29, 0.717) is 0 Å². The highest BCUT2D eigenvalue weighted by Crippen LogP contribution is 2.31. The van der Waals surface area contributed by atoms with E-state index in [0.717, 1.165) is 6.42 Å². The molecule has 66 valence electrons. The minimum atomic E-state index is 0.266. The van der Waals surface area contributed by atoms with E-state index in [9.17, 15) is 0 Å². The molecule has 0 spiro atoms. The molecule has 2 heteroatoms. The number of thiocarbonyl (C=S) groups is 1. The predicted molar refractivity (Wildman–Crippen MR) is 57.1 cm³/mol. The van der Waals surface area contributed by atoms with Crippen molar-refractivity contribution < 1.29 is 0 Å². The van der Waals surface area contributed by atoms with Crippen molar-refractivity contribution in [3.8, 4) is 0 Å². The van der Waals surface area contributed by atoms with E-state index in [1.54, 1.807) is 0 Å². The summed E-state index contributed by atoms with van der Waals surface area (Å²) in [5, 5.41) is 2.49. The van der Waals surface area contributed by atoms with Crippen molar-refractivity contribution in [3.63, 3.8) is 0 Å². The highest BCUT2D eigenvalue weighted by atomic mass is 32.1. The molecule has 1 aromatic carbocycles. The van der Waals surface area contributed by atoms with Gasteiger partial charge in [0, 0.05) is 0 Å². The third-order valence-corrected chi connectivity index (χ3v) is 2.65. The number of hydrogen-bond acceptors (Lipinski definition) is 2. The van der Waals surface area contributed by atoms with Gasteiger partial charge in [-0.15, -0.1) is 0 Å². The van der Waals surface area contributed by atoms with Crippen LogP contribution in [-0.2, 0) is 6.42 Å². The first kappa shape index (κ1) is 8.61. The van der Waals surface area contributed by atoms with E-state index < -0.39 is 0 Å². The normalized spacial score (nSPS) is 20.2. The van der Waals surface area contributed by atoms with Crippen molar-refractivity contribution in [2.75, 3.05) is 0 Å². The summed E-state index contributed by atoms with van der Waals surface area (Å²) in [6.07, 6.45) is 3.50. The van der Waals surface area contributed by atoms with E-state index in [2.05, 4.69) is 46.6 Å². The molecule has 1 nitrogen and oxygen atoms in total. The van der Waals surface area contributed by atoms with E-state index >= 15 is 0 Å². The number of isothiocyanates is 1. The highest BCUT2D eigenvalue weighted by Gasteiger charge is 2.17. The summed E-state index contributed by atoms with van der Waals surface area (Å²) in [4.78, 5) is 4.19. The van der Waals surface area contributed by atoms with Gasteiger partial charge in [0.25, 0.3) is 0 Å². The largest absolute Gasteiger partial charge is 0.224 e. The average molecular weight is 189 g/mol. The van der Waals surface area contributed by atoms with Crippen LogP contribution < -0.4 is 0 Å². The minimum Gasteiger partial charge on any atom is -0.224 e. The molecule has 0 saturated carbocycles. The van der Waals surface area contributed by atoms with Crippen LogP contribution in [0.4, 0.5) is 0 Å². The van der Waals surface area contributed by atoms with Crippen LogP contribution in [0.3, 0.4) is 0 Å². The van der Waals surface area contributed by atoms with Crippen molar-refractivity contribution in [2.45, 2.75) is 25.3 Å². The topological polar surface area (TPSA) is 12.4 Å². The van der Waals surface area contributed by atoms with Crippen LogP contribution in [0, 0.1) is 0 Å². The van der Waals surface area contributed by atoms with Crippen molar-refractivity contribution in [2.24, 2.45) is 4.99 Å². The summed E-state index contributed by atoms with van der Waals surface area (Å²) in [5.41, 5.74) is 2.76. The van der Waals surface area contributed by atoms with Crippen LogP contribution in [0.25, 0.3) is 0 Å². The molecule has 0 radical (unpaired) electrons. The van der Waals surface area contributed by atoms with Gasteiger partial charge in [0.15, 0.2) is 0 Å². The van der Waals surface area contributed by atoms with Gasteiger partial charge in [0.05, 0.1) is 11.2 Å². The summed E-state index contributed by atoms with van der Waals surface area (Å²) in [6, 6.07) is 8.75. The first-order chi connectivity index (χ1) is 6.42. The predicted octanol–water partition coefficient (Wildman–Crippen LogP) is 3.17. The van der Waals surface area contributed by atoms with Gasteiger partial charge in [-0.05, 0) is 42.6 Å². The Hall–Kier alpha value is -0.980. The van der Waals surface area contributed by atoms with Crippen LogP contribution in [0.15, 0.2) is 29.3 Å². The second kappa shape index (κ2) is 3.82. The van der Waals surface area contributed by atoms with Gasteiger partial charge in [-0.1, -0.05) is 24.3 Å². The Bertz CT molecular complexity index is 353. The maximum absolute atomic E-state index is 4.65. The number of hydrogen-bond donors (Lipinski definition) is 0. The molecule has 1 aliphatic rings. The first-order valence-corrected chi connectivity index (χ1v) is 4.97. The molecular formula is C11H11NS. The quantitative estimate of drug-likeness (QED) is 0.488. The zero-order valence-electron chi connectivity index (χ0n) is 7.36. The second-order valence-corrected chi connectivity index (χ2v) is 3.51. The van der Waals surface area contributed by atoms with Crippen molar-refractivity contribution in [1.29, 1.82) is 0 Å². The lowest BCUT2D eigenvalue weighted by Crippen LogP contribution is -2.07. The fraction of sp³-hybridized carbons (Fsp3) is 0.364. The average Bonchev–Trinajstić information content (AvgIpc) is 2.19.